The van der Waals surface area contributed by atoms with Gasteiger partial charge < -0.3 is 10.1 Å². The van der Waals surface area contributed by atoms with Crippen molar-refractivity contribution >= 4 is 40.3 Å². The van der Waals surface area contributed by atoms with E-state index in [4.69, 9.17) is 16.3 Å². The standard InChI is InChI=1S/C27H25ClFN7O3/c1-27(2,3)21-14-22(36(34-21)16-7-5-15(28)6-8-16)32-25(37)31-19-10-9-17(13-18(19)29)39-20-11-12-30-24-23(20)35(4)26(38)33-24/h5-14H,1-4H3,(H,30,33,38)(H2,31,32,37). The molecule has 0 aliphatic carbocycles. The summed E-state index contributed by atoms with van der Waals surface area (Å²) in [5.74, 6) is 0.190. The monoisotopic (exact) mass is 549 g/mol. The third kappa shape index (κ3) is 5.34. The summed E-state index contributed by atoms with van der Waals surface area (Å²) in [5.41, 5.74) is 1.56. The number of H-pyrrole nitrogens is 1. The number of urea groups is 1. The summed E-state index contributed by atoms with van der Waals surface area (Å²) in [6, 6.07) is 13.7. The number of carbonyl (C=O) groups is 1. The second-order valence-electron chi connectivity index (χ2n) is 9.87. The summed E-state index contributed by atoms with van der Waals surface area (Å²) in [6.45, 7) is 6.03. The first-order valence-corrected chi connectivity index (χ1v) is 12.3. The fourth-order valence-corrected chi connectivity index (χ4v) is 4.02. The average molecular weight is 550 g/mol. The molecule has 3 heterocycles. The number of anilines is 2. The van der Waals surface area contributed by atoms with Gasteiger partial charge in [0, 0.05) is 41.9 Å². The van der Waals surface area contributed by atoms with Crippen molar-refractivity contribution in [2.75, 3.05) is 10.6 Å². The third-order valence-corrected chi connectivity index (χ3v) is 6.21. The molecule has 0 saturated carbocycles. The number of ether oxygens (including phenoxy) is 1. The fourth-order valence-electron chi connectivity index (χ4n) is 3.89. The van der Waals surface area contributed by atoms with E-state index >= 15 is 0 Å². The van der Waals surface area contributed by atoms with Crippen LogP contribution in [0.25, 0.3) is 16.9 Å². The van der Waals surface area contributed by atoms with Crippen LogP contribution in [0.2, 0.25) is 5.02 Å². The summed E-state index contributed by atoms with van der Waals surface area (Å²) in [5, 5.41) is 10.5. The minimum absolute atomic E-state index is 0.0534. The normalized spacial score (nSPS) is 11.5. The number of fused-ring (bicyclic) bond motifs is 1. The van der Waals surface area contributed by atoms with Crippen molar-refractivity contribution in [3.63, 3.8) is 0 Å². The Kier molecular flexibility index (Phi) is 6.61. The molecule has 0 radical (unpaired) electrons. The minimum Gasteiger partial charge on any atom is -0.455 e. The fraction of sp³-hybridized carbons (Fsp3) is 0.185. The van der Waals surface area contributed by atoms with Crippen molar-refractivity contribution in [2.45, 2.75) is 26.2 Å². The Hall–Kier alpha value is -4.64. The maximum absolute atomic E-state index is 15.0. The van der Waals surface area contributed by atoms with Gasteiger partial charge in [-0.05, 0) is 36.4 Å². The molecular formula is C27H25ClFN7O3. The predicted octanol–water partition coefficient (Wildman–Crippen LogP) is 5.97. The molecule has 2 aromatic carbocycles. The second kappa shape index (κ2) is 9.91. The summed E-state index contributed by atoms with van der Waals surface area (Å²) < 4.78 is 23.7. The van der Waals surface area contributed by atoms with E-state index in [9.17, 15) is 14.0 Å². The highest BCUT2D eigenvalue weighted by Gasteiger charge is 2.22. The zero-order valence-corrected chi connectivity index (χ0v) is 22.3. The third-order valence-electron chi connectivity index (χ3n) is 5.96. The van der Waals surface area contributed by atoms with E-state index in [1.807, 2.05) is 20.8 Å². The Morgan fingerprint density at radius 2 is 1.82 bits per heavy atom. The van der Waals surface area contributed by atoms with E-state index in [2.05, 4.69) is 25.7 Å². The lowest BCUT2D eigenvalue weighted by molar-refractivity contribution is 0.262. The van der Waals surface area contributed by atoms with Crippen molar-refractivity contribution < 1.29 is 13.9 Å². The molecule has 0 bridgehead atoms. The van der Waals surface area contributed by atoms with E-state index in [0.29, 0.717) is 33.4 Å². The van der Waals surface area contributed by atoms with Gasteiger partial charge in [-0.3, -0.25) is 14.9 Å². The van der Waals surface area contributed by atoms with Gasteiger partial charge in [0.05, 0.1) is 17.1 Å². The molecule has 5 aromatic rings. The maximum Gasteiger partial charge on any atom is 0.327 e. The molecule has 0 aliphatic rings. The lowest BCUT2D eigenvalue weighted by atomic mass is 9.92. The molecule has 2 amide bonds. The first-order chi connectivity index (χ1) is 18.5. The van der Waals surface area contributed by atoms with Crippen molar-refractivity contribution in [1.29, 1.82) is 0 Å². The highest BCUT2D eigenvalue weighted by Crippen LogP contribution is 2.30. The predicted molar refractivity (Wildman–Crippen MR) is 148 cm³/mol. The number of benzene rings is 2. The summed E-state index contributed by atoms with van der Waals surface area (Å²) in [4.78, 5) is 31.5. The van der Waals surface area contributed by atoms with Gasteiger partial charge in [0.2, 0.25) is 0 Å². The van der Waals surface area contributed by atoms with Gasteiger partial charge in [0.15, 0.2) is 11.4 Å². The number of aromatic nitrogens is 5. The van der Waals surface area contributed by atoms with Crippen LogP contribution in [0.15, 0.2) is 65.6 Å². The molecule has 0 fully saturated rings. The van der Waals surface area contributed by atoms with E-state index in [1.54, 1.807) is 48.1 Å². The lowest BCUT2D eigenvalue weighted by Crippen LogP contribution is -2.22. The Morgan fingerprint density at radius 3 is 2.51 bits per heavy atom. The number of halogens is 2. The molecule has 200 valence electrons. The van der Waals surface area contributed by atoms with E-state index in [1.165, 1.54) is 22.9 Å². The molecule has 39 heavy (non-hydrogen) atoms. The molecule has 0 saturated heterocycles. The highest BCUT2D eigenvalue weighted by atomic mass is 35.5. The number of aryl methyl sites for hydroxylation is 1. The molecule has 0 atom stereocenters. The Bertz CT molecular complexity index is 1750. The molecule has 0 spiro atoms. The molecule has 12 heteroatoms. The minimum atomic E-state index is -0.711. The summed E-state index contributed by atoms with van der Waals surface area (Å²) in [7, 11) is 1.57. The van der Waals surface area contributed by atoms with Crippen molar-refractivity contribution in [2.24, 2.45) is 7.05 Å². The summed E-state index contributed by atoms with van der Waals surface area (Å²) in [6.07, 6.45) is 1.48. The van der Waals surface area contributed by atoms with Gasteiger partial charge in [-0.2, -0.15) is 5.10 Å². The Morgan fingerprint density at radius 1 is 1.08 bits per heavy atom. The van der Waals surface area contributed by atoms with Crippen molar-refractivity contribution in [3.8, 4) is 17.2 Å². The van der Waals surface area contributed by atoms with Crippen molar-refractivity contribution in [1.82, 2.24) is 24.3 Å². The average Bonchev–Trinajstić information content (AvgIpc) is 3.42. The number of rotatable bonds is 5. The molecule has 5 rings (SSSR count). The number of imidazole rings is 1. The van der Waals surface area contributed by atoms with Crippen LogP contribution in [0.4, 0.5) is 20.7 Å². The highest BCUT2D eigenvalue weighted by molar-refractivity contribution is 6.30. The molecule has 3 N–H and O–H groups in total. The number of aromatic amines is 1. The Balaban J connectivity index is 1.35. The van der Waals surface area contributed by atoms with Gasteiger partial charge in [-0.25, -0.2) is 23.6 Å². The van der Waals surface area contributed by atoms with Crippen LogP contribution in [-0.4, -0.2) is 30.3 Å². The first-order valence-electron chi connectivity index (χ1n) is 12.0. The molecule has 0 aliphatic heterocycles. The van der Waals surface area contributed by atoms with Crippen molar-refractivity contribution in [3.05, 3.63) is 87.8 Å². The zero-order chi connectivity index (χ0) is 27.9. The SMILES string of the molecule is Cn1c(=O)[nH]c2nccc(Oc3ccc(NC(=O)Nc4cc(C(C)(C)C)nn4-c4ccc(Cl)cc4)c(F)c3)c21. The lowest BCUT2D eigenvalue weighted by Gasteiger charge is -2.14. The number of nitrogens with one attached hydrogen (secondary N) is 3. The number of nitrogens with zero attached hydrogens (tertiary/aromatic N) is 4. The van der Waals surface area contributed by atoms with Crippen LogP contribution in [0, 0.1) is 5.82 Å². The van der Waals surface area contributed by atoms with Crippen LogP contribution in [-0.2, 0) is 12.5 Å². The van der Waals surface area contributed by atoms with Gasteiger partial charge in [-0.1, -0.05) is 32.4 Å². The Labute approximate surface area is 227 Å². The molecular weight excluding hydrogens is 525 g/mol. The zero-order valence-electron chi connectivity index (χ0n) is 21.5. The molecule has 3 aromatic heterocycles. The van der Waals surface area contributed by atoms with E-state index in [0.717, 1.165) is 11.8 Å². The number of pyridine rings is 1. The largest absolute Gasteiger partial charge is 0.455 e. The first kappa shape index (κ1) is 26.0. The summed E-state index contributed by atoms with van der Waals surface area (Å²) >= 11 is 6.02. The number of carbonyl (C=O) groups excluding carboxylic acids is 1. The van der Waals surface area contributed by atoms with Crippen LogP contribution >= 0.6 is 11.6 Å². The van der Waals surface area contributed by atoms with E-state index in [-0.39, 0.29) is 22.5 Å². The van der Waals surface area contributed by atoms with Gasteiger partial charge in [0.1, 0.15) is 22.9 Å². The smallest absolute Gasteiger partial charge is 0.327 e. The number of hydrogen-bond acceptors (Lipinski definition) is 5. The number of amides is 2. The van der Waals surface area contributed by atoms with Crippen LogP contribution in [0.1, 0.15) is 26.5 Å². The molecule has 10 nitrogen and oxygen atoms in total. The topological polar surface area (TPSA) is 119 Å². The van der Waals surface area contributed by atoms with Gasteiger partial charge in [0.25, 0.3) is 0 Å². The maximum atomic E-state index is 15.0. The quantitative estimate of drug-likeness (QED) is 0.249. The number of hydrogen-bond donors (Lipinski definition) is 3. The van der Waals surface area contributed by atoms with Crippen LogP contribution < -0.4 is 21.1 Å². The second-order valence-corrected chi connectivity index (χ2v) is 10.3. The molecule has 0 unspecified atom stereocenters. The van der Waals surface area contributed by atoms with E-state index < -0.39 is 11.8 Å². The van der Waals surface area contributed by atoms with Crippen LogP contribution in [0.3, 0.4) is 0 Å². The van der Waals surface area contributed by atoms with Gasteiger partial charge >= 0.3 is 11.7 Å². The van der Waals surface area contributed by atoms with Gasteiger partial charge in [-0.15, -0.1) is 0 Å². The van der Waals surface area contributed by atoms with Crippen LogP contribution in [0.5, 0.6) is 11.5 Å².